The van der Waals surface area contributed by atoms with E-state index in [2.05, 4.69) is 26.3 Å². The van der Waals surface area contributed by atoms with Crippen LogP contribution in [0.15, 0.2) is 36.5 Å². The van der Waals surface area contributed by atoms with Gasteiger partial charge >= 0.3 is 24.1 Å². The number of nitrogens with zero attached hydrogens (tertiary/aromatic N) is 3. The third-order valence-electron chi connectivity index (χ3n) is 4.92. The number of halogens is 1. The van der Waals surface area contributed by atoms with Crippen molar-refractivity contribution < 1.29 is 38.5 Å². The number of alkyl halides is 1. The summed E-state index contributed by atoms with van der Waals surface area (Å²) >= 11 is 0. The molecule has 0 fully saturated rings. The molecule has 1 heterocycles. The van der Waals surface area contributed by atoms with E-state index in [0.717, 1.165) is 5.56 Å². The number of aliphatic carboxylic acids is 2. The third-order valence-corrected chi connectivity index (χ3v) is 4.92. The Kier molecular flexibility index (Phi) is 11.6. The lowest BCUT2D eigenvalue weighted by Gasteiger charge is -2.18. The monoisotopic (exact) mass is 508 g/mol. The summed E-state index contributed by atoms with van der Waals surface area (Å²) in [6.45, 7) is -0.337. The second-order valence-electron chi connectivity index (χ2n) is 7.75. The van der Waals surface area contributed by atoms with Gasteiger partial charge in [-0.15, -0.1) is 5.10 Å². The summed E-state index contributed by atoms with van der Waals surface area (Å²) in [7, 11) is 0. The number of carbonyl (C=O) groups excluding carboxylic acids is 2. The number of unbranched alkanes of at least 4 members (excludes halogenated alkanes) is 1. The van der Waals surface area contributed by atoms with Crippen molar-refractivity contribution in [2.45, 2.75) is 50.9 Å². The van der Waals surface area contributed by atoms with Crippen LogP contribution in [0.3, 0.4) is 0 Å². The Morgan fingerprint density at radius 3 is 2.39 bits per heavy atom. The number of rotatable bonds is 15. The van der Waals surface area contributed by atoms with E-state index < -0.39 is 42.8 Å². The minimum atomic E-state index is -1.40. The summed E-state index contributed by atoms with van der Waals surface area (Å²) in [4.78, 5) is 46.9. The van der Waals surface area contributed by atoms with Gasteiger partial charge in [-0.1, -0.05) is 35.5 Å². The molecule has 5 N–H and O–H groups in total. The van der Waals surface area contributed by atoms with Crippen LogP contribution < -0.4 is 16.0 Å². The highest BCUT2D eigenvalue weighted by molar-refractivity contribution is 5.86. The van der Waals surface area contributed by atoms with E-state index in [-0.39, 0.29) is 38.2 Å². The first kappa shape index (κ1) is 28.0. The Bertz CT molecular complexity index is 1000. The van der Waals surface area contributed by atoms with Crippen LogP contribution in [0.2, 0.25) is 0 Å². The Hall–Kier alpha value is -4.23. The SMILES string of the molecule is O=C(NC(CCCCNC(=O)OCc1ccccc1)C(=O)O)N[C@@H](Cc1cn(CCF)nn1)C(=O)O. The van der Waals surface area contributed by atoms with Gasteiger partial charge in [0.1, 0.15) is 25.4 Å². The predicted molar refractivity (Wildman–Crippen MR) is 123 cm³/mol. The topological polar surface area (TPSA) is 185 Å². The molecular formula is C22H29FN6O7. The normalized spacial score (nSPS) is 12.2. The number of carboxylic acids is 2. The minimum Gasteiger partial charge on any atom is -0.480 e. The van der Waals surface area contributed by atoms with E-state index in [1.807, 2.05) is 30.3 Å². The molecule has 1 aromatic heterocycles. The molecular weight excluding hydrogens is 479 g/mol. The number of carboxylic acid groups (broad SMARTS) is 2. The highest BCUT2D eigenvalue weighted by Gasteiger charge is 2.25. The summed E-state index contributed by atoms with van der Waals surface area (Å²) in [5.74, 6) is -2.65. The fraction of sp³-hybridized carbons (Fsp3) is 0.455. The molecule has 196 valence electrons. The van der Waals surface area contributed by atoms with E-state index in [9.17, 15) is 33.8 Å². The van der Waals surface area contributed by atoms with Crippen LogP contribution in [-0.2, 0) is 33.9 Å². The van der Waals surface area contributed by atoms with Gasteiger partial charge in [0, 0.05) is 19.2 Å². The summed E-state index contributed by atoms with van der Waals surface area (Å²) in [5.41, 5.74) is 1.07. The number of alkyl carbamates (subject to hydrolysis) is 1. The van der Waals surface area contributed by atoms with Gasteiger partial charge in [-0.3, -0.25) is 0 Å². The van der Waals surface area contributed by atoms with Gasteiger partial charge in [0.25, 0.3) is 0 Å². The molecule has 2 atom stereocenters. The fourth-order valence-corrected chi connectivity index (χ4v) is 3.09. The number of benzene rings is 1. The van der Waals surface area contributed by atoms with E-state index in [4.69, 9.17) is 4.74 Å². The Morgan fingerprint density at radius 2 is 1.72 bits per heavy atom. The molecule has 0 saturated heterocycles. The molecule has 0 spiro atoms. The van der Waals surface area contributed by atoms with Crippen molar-refractivity contribution in [3.05, 3.63) is 47.8 Å². The number of aryl methyl sites for hydroxylation is 1. The molecule has 1 unspecified atom stereocenters. The molecule has 0 aliphatic rings. The highest BCUT2D eigenvalue weighted by Crippen LogP contribution is 2.04. The number of nitrogens with one attached hydrogen (secondary N) is 3. The number of urea groups is 1. The zero-order valence-electron chi connectivity index (χ0n) is 19.4. The molecule has 0 saturated carbocycles. The standard InChI is InChI=1S/C22H29FN6O7/c23-9-11-29-13-16(27-28-29)12-18(20(32)33)26-21(34)25-17(19(30)31)8-4-5-10-24-22(35)36-14-15-6-2-1-3-7-15/h1-3,6-7,13,17-18H,4-5,8-12,14H2,(H,24,35)(H,30,31)(H,32,33)(H2,25,26,34)/t17?,18-/m0/s1. The molecule has 0 aliphatic carbocycles. The molecule has 36 heavy (non-hydrogen) atoms. The number of aromatic nitrogens is 3. The van der Waals surface area contributed by atoms with Crippen LogP contribution in [-0.4, -0.2) is 74.6 Å². The molecule has 0 bridgehead atoms. The number of hydrogen-bond acceptors (Lipinski definition) is 7. The second kappa shape index (κ2) is 14.9. The molecule has 13 nitrogen and oxygen atoms in total. The van der Waals surface area contributed by atoms with Crippen LogP contribution in [0, 0.1) is 0 Å². The van der Waals surface area contributed by atoms with Crippen LogP contribution in [0.25, 0.3) is 0 Å². The predicted octanol–water partition coefficient (Wildman–Crippen LogP) is 1.09. The van der Waals surface area contributed by atoms with E-state index in [1.165, 1.54) is 10.9 Å². The van der Waals surface area contributed by atoms with Crippen LogP contribution in [0.5, 0.6) is 0 Å². The average Bonchev–Trinajstić information content (AvgIpc) is 3.29. The van der Waals surface area contributed by atoms with E-state index in [1.54, 1.807) is 0 Å². The maximum Gasteiger partial charge on any atom is 0.407 e. The number of ether oxygens (including phenoxy) is 1. The van der Waals surface area contributed by atoms with E-state index >= 15 is 0 Å². The highest BCUT2D eigenvalue weighted by atomic mass is 19.1. The first-order valence-corrected chi connectivity index (χ1v) is 11.2. The summed E-state index contributed by atoms with van der Waals surface area (Å²) in [6, 6.07) is 5.50. The van der Waals surface area contributed by atoms with Crippen LogP contribution in [0.4, 0.5) is 14.0 Å². The van der Waals surface area contributed by atoms with Crippen molar-refractivity contribution in [2.24, 2.45) is 0 Å². The lowest BCUT2D eigenvalue weighted by atomic mass is 10.1. The van der Waals surface area contributed by atoms with Crippen molar-refractivity contribution in [3.8, 4) is 0 Å². The Labute approximate surface area is 206 Å². The Balaban J connectivity index is 1.71. The van der Waals surface area contributed by atoms with Gasteiger partial charge in [0.05, 0.1) is 12.2 Å². The molecule has 0 radical (unpaired) electrons. The quantitative estimate of drug-likeness (QED) is 0.220. The van der Waals surface area contributed by atoms with Crippen molar-refractivity contribution in [1.82, 2.24) is 30.9 Å². The van der Waals surface area contributed by atoms with Gasteiger partial charge < -0.3 is 30.9 Å². The minimum absolute atomic E-state index is 0.0384. The summed E-state index contributed by atoms with van der Waals surface area (Å²) < 4.78 is 18.7. The zero-order chi connectivity index (χ0) is 26.3. The summed E-state index contributed by atoms with van der Waals surface area (Å²) in [5, 5.41) is 33.1. The first-order chi connectivity index (χ1) is 17.3. The third kappa shape index (κ3) is 10.4. The molecule has 1 aromatic carbocycles. The van der Waals surface area contributed by atoms with Gasteiger partial charge in [-0.25, -0.2) is 28.3 Å². The smallest absolute Gasteiger partial charge is 0.407 e. The zero-order valence-corrected chi connectivity index (χ0v) is 19.4. The fourth-order valence-electron chi connectivity index (χ4n) is 3.09. The van der Waals surface area contributed by atoms with Crippen molar-refractivity contribution in [1.29, 1.82) is 0 Å². The van der Waals surface area contributed by atoms with Crippen LogP contribution >= 0.6 is 0 Å². The van der Waals surface area contributed by atoms with E-state index in [0.29, 0.717) is 12.8 Å². The van der Waals surface area contributed by atoms with Gasteiger partial charge in [0.15, 0.2) is 0 Å². The number of hydrogen-bond donors (Lipinski definition) is 5. The maximum absolute atomic E-state index is 12.4. The molecule has 2 aromatic rings. The van der Waals surface area contributed by atoms with Crippen molar-refractivity contribution in [2.75, 3.05) is 13.2 Å². The summed E-state index contributed by atoms with van der Waals surface area (Å²) in [6.07, 6.45) is 1.38. The molecule has 14 heteroatoms. The number of carbonyl (C=O) groups is 4. The van der Waals surface area contributed by atoms with Gasteiger partial charge in [-0.2, -0.15) is 0 Å². The molecule has 3 amide bonds. The van der Waals surface area contributed by atoms with Crippen molar-refractivity contribution >= 4 is 24.1 Å². The van der Waals surface area contributed by atoms with Gasteiger partial charge in [0.2, 0.25) is 0 Å². The maximum atomic E-state index is 12.4. The van der Waals surface area contributed by atoms with Gasteiger partial charge in [-0.05, 0) is 24.8 Å². The Morgan fingerprint density at radius 1 is 1.03 bits per heavy atom. The largest absolute Gasteiger partial charge is 0.480 e. The van der Waals surface area contributed by atoms with Crippen molar-refractivity contribution in [3.63, 3.8) is 0 Å². The second-order valence-corrected chi connectivity index (χ2v) is 7.75. The molecule has 0 aliphatic heterocycles. The number of amides is 3. The average molecular weight is 509 g/mol. The first-order valence-electron chi connectivity index (χ1n) is 11.2. The lowest BCUT2D eigenvalue weighted by Crippen LogP contribution is -2.51. The lowest BCUT2D eigenvalue weighted by molar-refractivity contribution is -0.139. The molecule has 2 rings (SSSR count). The van der Waals surface area contributed by atoms with Crippen LogP contribution in [0.1, 0.15) is 30.5 Å².